The van der Waals surface area contributed by atoms with Crippen molar-refractivity contribution >= 4 is 5.97 Å². The quantitative estimate of drug-likeness (QED) is 0.573. The van der Waals surface area contributed by atoms with Crippen LogP contribution in [-0.4, -0.2) is 17.7 Å². The van der Waals surface area contributed by atoms with Gasteiger partial charge >= 0.3 is 5.97 Å². The number of hydrogen-bond donors (Lipinski definition) is 3. The Morgan fingerprint density at radius 1 is 1.30 bits per heavy atom. The minimum Gasteiger partial charge on any atom is -0.508 e. The van der Waals surface area contributed by atoms with Gasteiger partial charge in [0.1, 0.15) is 5.75 Å². The van der Waals surface area contributed by atoms with Crippen molar-refractivity contribution in [3.8, 4) is 5.75 Å². The third kappa shape index (κ3) is 4.48. The van der Waals surface area contributed by atoms with Gasteiger partial charge in [0.2, 0.25) is 0 Å². The number of benzene rings is 1. The van der Waals surface area contributed by atoms with Crippen LogP contribution in [0.1, 0.15) is 50.6 Å². The van der Waals surface area contributed by atoms with Crippen LogP contribution in [0.15, 0.2) is 35.5 Å². The first-order valence-electron chi connectivity index (χ1n) is 8.17. The van der Waals surface area contributed by atoms with Gasteiger partial charge in [0.15, 0.2) is 0 Å². The number of phenols is 1. The second-order valence-electron chi connectivity index (χ2n) is 6.24. The maximum absolute atomic E-state index is 12.4. The highest BCUT2D eigenvalue weighted by Crippen LogP contribution is 2.29. The second kappa shape index (κ2) is 8.02. The van der Waals surface area contributed by atoms with Crippen molar-refractivity contribution in [2.45, 2.75) is 45.1 Å². The summed E-state index contributed by atoms with van der Waals surface area (Å²) in [4.78, 5) is 12.4. The number of nitrogens with two attached hydrogens (primary N) is 2. The van der Waals surface area contributed by atoms with Crippen LogP contribution >= 0.6 is 0 Å². The van der Waals surface area contributed by atoms with Crippen molar-refractivity contribution in [3.05, 3.63) is 41.1 Å². The van der Waals surface area contributed by atoms with Crippen molar-refractivity contribution in [3.63, 3.8) is 0 Å². The molecule has 0 aliphatic heterocycles. The van der Waals surface area contributed by atoms with Crippen molar-refractivity contribution in [2.24, 2.45) is 17.4 Å². The number of rotatable bonds is 5. The molecule has 126 valence electrons. The zero-order valence-electron chi connectivity index (χ0n) is 13.6. The highest BCUT2D eigenvalue weighted by molar-refractivity contribution is 5.91. The summed E-state index contributed by atoms with van der Waals surface area (Å²) < 4.78 is 5.45. The number of hydrogen-bond acceptors (Lipinski definition) is 5. The highest BCUT2D eigenvalue weighted by Gasteiger charge is 2.25. The van der Waals surface area contributed by atoms with Gasteiger partial charge in [0.25, 0.3) is 0 Å². The number of phenolic OH excluding ortho intramolecular Hbond substituents is 1. The van der Waals surface area contributed by atoms with E-state index in [2.05, 4.69) is 0 Å². The van der Waals surface area contributed by atoms with E-state index in [0.717, 1.165) is 12.8 Å². The van der Waals surface area contributed by atoms with E-state index in [0.29, 0.717) is 23.8 Å². The van der Waals surface area contributed by atoms with Gasteiger partial charge in [-0.25, -0.2) is 4.79 Å². The first-order chi connectivity index (χ1) is 11.0. The normalized spacial score (nSPS) is 18.2. The molecule has 1 aromatic carbocycles. The number of aromatic hydroxyl groups is 1. The van der Waals surface area contributed by atoms with E-state index >= 15 is 0 Å². The zero-order chi connectivity index (χ0) is 16.8. The number of ether oxygens (including phenoxy) is 1. The van der Waals surface area contributed by atoms with E-state index in [-0.39, 0.29) is 11.3 Å². The van der Waals surface area contributed by atoms with E-state index in [1.807, 2.05) is 0 Å². The number of carbonyl (C=O) groups excluding carboxylic acids is 1. The molecule has 0 spiro atoms. The Morgan fingerprint density at radius 3 is 2.57 bits per heavy atom. The van der Waals surface area contributed by atoms with Gasteiger partial charge in [0, 0.05) is 11.3 Å². The maximum atomic E-state index is 12.4. The third-order valence-electron chi connectivity index (χ3n) is 4.40. The van der Waals surface area contributed by atoms with Crippen LogP contribution in [0, 0.1) is 5.92 Å². The number of allylic oxidation sites excluding steroid dienone is 1. The predicted octanol–water partition coefficient (Wildman–Crippen LogP) is 2.75. The van der Waals surface area contributed by atoms with Crippen LogP contribution in [-0.2, 0) is 9.53 Å². The Balaban J connectivity index is 2.07. The van der Waals surface area contributed by atoms with Crippen molar-refractivity contribution < 1.29 is 14.6 Å². The molecule has 0 heterocycles. The van der Waals surface area contributed by atoms with Gasteiger partial charge in [0.05, 0.1) is 18.2 Å². The van der Waals surface area contributed by atoms with Crippen molar-refractivity contribution in [1.29, 1.82) is 0 Å². The Bertz CT molecular complexity index is 573. The van der Waals surface area contributed by atoms with Gasteiger partial charge in [-0.3, -0.25) is 0 Å². The summed E-state index contributed by atoms with van der Waals surface area (Å²) >= 11 is 0. The van der Waals surface area contributed by atoms with Crippen LogP contribution in [0.4, 0.5) is 0 Å². The molecule has 0 saturated heterocycles. The van der Waals surface area contributed by atoms with Crippen LogP contribution in [0.3, 0.4) is 0 Å². The van der Waals surface area contributed by atoms with E-state index in [1.54, 1.807) is 25.1 Å². The van der Waals surface area contributed by atoms with E-state index in [4.69, 9.17) is 16.2 Å². The fraction of sp³-hybridized carbons (Fsp3) is 0.500. The zero-order valence-corrected chi connectivity index (χ0v) is 13.6. The van der Waals surface area contributed by atoms with Gasteiger partial charge in [-0.05, 0) is 31.7 Å². The molecule has 5 nitrogen and oxygen atoms in total. The Hall–Kier alpha value is -2.01. The molecular formula is C18H26N2O3. The summed E-state index contributed by atoms with van der Waals surface area (Å²) in [7, 11) is 0. The number of carbonyl (C=O) groups is 1. The second-order valence-corrected chi connectivity index (χ2v) is 6.24. The smallest absolute Gasteiger partial charge is 0.337 e. The first-order valence-corrected chi connectivity index (χ1v) is 8.17. The van der Waals surface area contributed by atoms with E-state index in [9.17, 15) is 9.90 Å². The van der Waals surface area contributed by atoms with Crippen LogP contribution < -0.4 is 11.5 Å². The first kappa shape index (κ1) is 17.3. The molecule has 2 rings (SSSR count). The van der Waals surface area contributed by atoms with Gasteiger partial charge in [-0.1, -0.05) is 37.5 Å². The fourth-order valence-electron chi connectivity index (χ4n) is 3.06. The topological polar surface area (TPSA) is 98.6 Å². The molecule has 5 N–H and O–H groups in total. The average molecular weight is 318 g/mol. The van der Waals surface area contributed by atoms with Gasteiger partial charge in [-0.2, -0.15) is 0 Å². The highest BCUT2D eigenvalue weighted by atomic mass is 16.5. The summed E-state index contributed by atoms with van der Waals surface area (Å²) in [5.74, 6) is -0.0291. The molecule has 1 atom stereocenters. The molecule has 0 aromatic heterocycles. The molecule has 1 aromatic rings. The summed E-state index contributed by atoms with van der Waals surface area (Å²) in [5, 5.41) is 9.93. The third-order valence-corrected chi connectivity index (χ3v) is 4.40. The molecule has 23 heavy (non-hydrogen) atoms. The summed E-state index contributed by atoms with van der Waals surface area (Å²) in [6.45, 7) is 2.03. The van der Waals surface area contributed by atoms with Gasteiger partial charge < -0.3 is 21.3 Å². The minimum absolute atomic E-state index is 0.0406. The molecule has 1 saturated carbocycles. The Morgan fingerprint density at radius 2 is 1.96 bits per heavy atom. The molecular weight excluding hydrogens is 292 g/mol. The lowest BCUT2D eigenvalue weighted by Crippen LogP contribution is -2.26. The number of para-hydroxylation sites is 1. The fourth-order valence-corrected chi connectivity index (χ4v) is 3.06. The molecule has 1 aliphatic carbocycles. The summed E-state index contributed by atoms with van der Waals surface area (Å²) in [6.07, 6.45) is 5.84. The molecule has 1 unspecified atom stereocenters. The summed E-state index contributed by atoms with van der Waals surface area (Å²) in [5.41, 5.74) is 13.0. The standard InChI is InChI=1S/C18H26N2O3/c1-12(19)16(17(20)14-9-5-6-10-15(14)21)18(22)23-11-13-7-3-2-4-8-13/h5-6,9-10,13,17,21H,2-4,7-8,11,19-20H2,1H3/b16-12+. The van der Waals surface area contributed by atoms with Crippen molar-refractivity contribution in [1.82, 2.24) is 0 Å². The molecule has 1 fully saturated rings. The van der Waals surface area contributed by atoms with E-state index < -0.39 is 12.0 Å². The van der Waals surface area contributed by atoms with Crippen molar-refractivity contribution in [2.75, 3.05) is 6.61 Å². The van der Waals surface area contributed by atoms with Gasteiger partial charge in [-0.15, -0.1) is 0 Å². The summed E-state index contributed by atoms with van der Waals surface area (Å²) in [6, 6.07) is 5.86. The lowest BCUT2D eigenvalue weighted by molar-refractivity contribution is -0.141. The molecule has 0 bridgehead atoms. The Labute approximate surface area is 137 Å². The van der Waals surface area contributed by atoms with Crippen LogP contribution in [0.25, 0.3) is 0 Å². The largest absolute Gasteiger partial charge is 0.508 e. The molecule has 0 radical (unpaired) electrons. The maximum Gasteiger partial charge on any atom is 0.337 e. The number of esters is 1. The lowest BCUT2D eigenvalue weighted by Gasteiger charge is -2.23. The minimum atomic E-state index is -0.806. The predicted molar refractivity (Wildman–Crippen MR) is 89.5 cm³/mol. The SMILES string of the molecule is C/C(N)=C(\C(=O)OCC1CCCCC1)C(N)c1ccccc1O. The molecule has 0 amide bonds. The van der Waals surface area contributed by atoms with E-state index in [1.165, 1.54) is 25.3 Å². The van der Waals surface area contributed by atoms with Crippen LogP contribution in [0.2, 0.25) is 0 Å². The lowest BCUT2D eigenvalue weighted by atomic mass is 9.90. The average Bonchev–Trinajstić information content (AvgIpc) is 2.54. The monoisotopic (exact) mass is 318 g/mol. The molecule has 5 heteroatoms. The molecule has 1 aliphatic rings. The Kier molecular flexibility index (Phi) is 6.04. The van der Waals surface area contributed by atoms with Crippen LogP contribution in [0.5, 0.6) is 5.75 Å².